The minimum Gasteiger partial charge on any atom is -0.374 e. The molecule has 86 valence electrons. The summed E-state index contributed by atoms with van der Waals surface area (Å²) in [5, 5.41) is 0. The van der Waals surface area contributed by atoms with E-state index in [1.54, 1.807) is 6.92 Å². The molecule has 1 aliphatic rings. The molecule has 1 atom stereocenters. The molecule has 3 nitrogen and oxygen atoms in total. The molecule has 1 unspecified atom stereocenters. The van der Waals surface area contributed by atoms with E-state index >= 15 is 0 Å². The number of amides is 1. The maximum atomic E-state index is 11.3. The summed E-state index contributed by atoms with van der Waals surface area (Å²) in [6.45, 7) is 3.70. The number of morpholine rings is 1. The molecule has 16 heavy (non-hydrogen) atoms. The van der Waals surface area contributed by atoms with Crippen LogP contribution in [-0.2, 0) is 16.0 Å². The third-order valence-corrected chi connectivity index (χ3v) is 2.89. The van der Waals surface area contributed by atoms with Crippen molar-refractivity contribution in [3.8, 4) is 0 Å². The van der Waals surface area contributed by atoms with Gasteiger partial charge in [-0.3, -0.25) is 4.79 Å². The van der Waals surface area contributed by atoms with Crippen molar-refractivity contribution in [2.24, 2.45) is 0 Å². The molecule has 0 radical (unpaired) electrons. The molecule has 1 amide bonds. The lowest BCUT2D eigenvalue weighted by Crippen LogP contribution is -2.45. The Hall–Kier alpha value is -1.35. The largest absolute Gasteiger partial charge is 0.374 e. The van der Waals surface area contributed by atoms with Crippen molar-refractivity contribution in [1.29, 1.82) is 0 Å². The van der Waals surface area contributed by atoms with E-state index in [1.807, 2.05) is 23.1 Å². The lowest BCUT2D eigenvalue weighted by atomic mass is 10.1. The van der Waals surface area contributed by atoms with Gasteiger partial charge in [-0.15, -0.1) is 0 Å². The molecule has 1 aromatic carbocycles. The molecule has 0 aromatic heterocycles. The van der Waals surface area contributed by atoms with Crippen molar-refractivity contribution in [3.05, 3.63) is 35.9 Å². The maximum Gasteiger partial charge on any atom is 0.219 e. The number of hydrogen-bond donors (Lipinski definition) is 0. The van der Waals surface area contributed by atoms with Gasteiger partial charge >= 0.3 is 0 Å². The summed E-state index contributed by atoms with van der Waals surface area (Å²) in [7, 11) is 0. The van der Waals surface area contributed by atoms with E-state index in [0.29, 0.717) is 13.2 Å². The Morgan fingerprint density at radius 3 is 2.88 bits per heavy atom. The van der Waals surface area contributed by atoms with Crippen molar-refractivity contribution in [2.75, 3.05) is 19.7 Å². The van der Waals surface area contributed by atoms with Crippen LogP contribution in [0, 0.1) is 0 Å². The highest BCUT2D eigenvalue weighted by Crippen LogP contribution is 2.11. The molecule has 0 spiro atoms. The van der Waals surface area contributed by atoms with Gasteiger partial charge < -0.3 is 9.64 Å². The number of benzene rings is 1. The summed E-state index contributed by atoms with van der Waals surface area (Å²) in [6.07, 6.45) is 1.02. The maximum absolute atomic E-state index is 11.3. The Morgan fingerprint density at radius 1 is 1.44 bits per heavy atom. The van der Waals surface area contributed by atoms with Crippen molar-refractivity contribution in [1.82, 2.24) is 4.90 Å². The molecular formula is C13H17NO2. The molecule has 1 aliphatic heterocycles. The Balaban J connectivity index is 1.93. The predicted molar refractivity (Wildman–Crippen MR) is 62.1 cm³/mol. The molecule has 0 saturated carbocycles. The lowest BCUT2D eigenvalue weighted by molar-refractivity contribution is -0.136. The number of ether oxygens (including phenoxy) is 1. The van der Waals surface area contributed by atoms with E-state index in [0.717, 1.165) is 13.0 Å². The second-order valence-electron chi connectivity index (χ2n) is 4.15. The van der Waals surface area contributed by atoms with Gasteiger partial charge in [0.15, 0.2) is 0 Å². The summed E-state index contributed by atoms with van der Waals surface area (Å²) in [5.41, 5.74) is 1.26. The van der Waals surface area contributed by atoms with Gasteiger partial charge in [0.05, 0.1) is 12.7 Å². The first-order chi connectivity index (χ1) is 7.75. The van der Waals surface area contributed by atoms with Gasteiger partial charge in [0.25, 0.3) is 0 Å². The zero-order valence-electron chi connectivity index (χ0n) is 9.56. The number of rotatable bonds is 2. The van der Waals surface area contributed by atoms with E-state index in [4.69, 9.17) is 4.74 Å². The third-order valence-electron chi connectivity index (χ3n) is 2.89. The van der Waals surface area contributed by atoms with Crippen molar-refractivity contribution in [3.63, 3.8) is 0 Å². The first-order valence-corrected chi connectivity index (χ1v) is 5.67. The molecule has 3 heteroatoms. The van der Waals surface area contributed by atoms with Crippen LogP contribution >= 0.6 is 0 Å². The predicted octanol–water partition coefficient (Wildman–Crippen LogP) is 1.48. The van der Waals surface area contributed by atoms with Gasteiger partial charge in [0.1, 0.15) is 0 Å². The van der Waals surface area contributed by atoms with Crippen LogP contribution in [0.2, 0.25) is 0 Å². The molecule has 0 bridgehead atoms. The summed E-state index contributed by atoms with van der Waals surface area (Å²) < 4.78 is 5.67. The lowest BCUT2D eigenvalue weighted by Gasteiger charge is -2.32. The molecule has 0 aliphatic carbocycles. The second-order valence-corrected chi connectivity index (χ2v) is 4.15. The van der Waals surface area contributed by atoms with Crippen LogP contribution in [0.1, 0.15) is 12.5 Å². The summed E-state index contributed by atoms with van der Waals surface area (Å²) in [4.78, 5) is 13.1. The van der Waals surface area contributed by atoms with Crippen LogP contribution < -0.4 is 0 Å². The van der Waals surface area contributed by atoms with Crippen LogP contribution in [0.3, 0.4) is 0 Å². The third kappa shape index (κ3) is 2.83. The highest BCUT2D eigenvalue weighted by Gasteiger charge is 2.21. The van der Waals surface area contributed by atoms with E-state index in [-0.39, 0.29) is 12.0 Å². The van der Waals surface area contributed by atoms with E-state index < -0.39 is 0 Å². The molecular weight excluding hydrogens is 202 g/mol. The highest BCUT2D eigenvalue weighted by atomic mass is 16.5. The average Bonchev–Trinajstić information content (AvgIpc) is 2.30. The normalized spacial score (nSPS) is 20.8. The second kappa shape index (κ2) is 5.12. The number of carbonyl (C=O) groups is 1. The van der Waals surface area contributed by atoms with Gasteiger partial charge in [0, 0.05) is 26.4 Å². The van der Waals surface area contributed by atoms with Gasteiger partial charge in [-0.2, -0.15) is 0 Å². The van der Waals surface area contributed by atoms with Gasteiger partial charge in [-0.25, -0.2) is 0 Å². The van der Waals surface area contributed by atoms with Gasteiger partial charge in [-0.05, 0) is 5.56 Å². The van der Waals surface area contributed by atoms with E-state index in [9.17, 15) is 4.79 Å². The first kappa shape index (κ1) is 11.1. The summed E-state index contributed by atoms with van der Waals surface area (Å²) in [5.74, 6) is 0.140. The van der Waals surface area contributed by atoms with Crippen LogP contribution in [0.4, 0.5) is 0 Å². The Bertz CT molecular complexity index is 350. The first-order valence-electron chi connectivity index (χ1n) is 5.67. The highest BCUT2D eigenvalue weighted by molar-refractivity contribution is 5.73. The van der Waals surface area contributed by atoms with Crippen molar-refractivity contribution < 1.29 is 9.53 Å². The number of carbonyl (C=O) groups excluding carboxylic acids is 1. The standard InChI is InChI=1S/C13H17NO2/c1-11(15)14-7-8-16-13(10-14)9-12-5-3-2-4-6-12/h2-6,13H,7-10H2,1H3. The van der Waals surface area contributed by atoms with E-state index in [2.05, 4.69) is 12.1 Å². The number of nitrogens with zero attached hydrogens (tertiary/aromatic N) is 1. The fourth-order valence-corrected chi connectivity index (χ4v) is 2.01. The van der Waals surface area contributed by atoms with Crippen LogP contribution in [0.25, 0.3) is 0 Å². The zero-order chi connectivity index (χ0) is 11.4. The molecule has 1 aromatic rings. The van der Waals surface area contributed by atoms with Crippen LogP contribution in [0.5, 0.6) is 0 Å². The minimum atomic E-state index is 0.139. The Kier molecular flexibility index (Phi) is 3.57. The van der Waals surface area contributed by atoms with Gasteiger partial charge in [0.2, 0.25) is 5.91 Å². The monoisotopic (exact) mass is 219 g/mol. The minimum absolute atomic E-state index is 0.139. The van der Waals surface area contributed by atoms with Crippen LogP contribution in [-0.4, -0.2) is 36.6 Å². The zero-order valence-corrected chi connectivity index (χ0v) is 9.56. The van der Waals surface area contributed by atoms with Crippen molar-refractivity contribution in [2.45, 2.75) is 19.4 Å². The Morgan fingerprint density at radius 2 is 2.19 bits per heavy atom. The summed E-state index contributed by atoms with van der Waals surface area (Å²) >= 11 is 0. The van der Waals surface area contributed by atoms with Crippen LogP contribution in [0.15, 0.2) is 30.3 Å². The number of hydrogen-bond acceptors (Lipinski definition) is 2. The summed E-state index contributed by atoms with van der Waals surface area (Å²) in [6, 6.07) is 10.3. The quantitative estimate of drug-likeness (QED) is 0.754. The topological polar surface area (TPSA) is 29.5 Å². The SMILES string of the molecule is CC(=O)N1CCOC(Cc2ccccc2)C1. The molecule has 1 heterocycles. The Labute approximate surface area is 96.0 Å². The van der Waals surface area contributed by atoms with E-state index in [1.165, 1.54) is 5.56 Å². The molecule has 2 rings (SSSR count). The fourth-order valence-electron chi connectivity index (χ4n) is 2.01. The fraction of sp³-hybridized carbons (Fsp3) is 0.462. The smallest absolute Gasteiger partial charge is 0.219 e. The molecule has 1 fully saturated rings. The average molecular weight is 219 g/mol. The molecule has 0 N–H and O–H groups in total. The van der Waals surface area contributed by atoms with Crippen molar-refractivity contribution >= 4 is 5.91 Å². The van der Waals surface area contributed by atoms with Gasteiger partial charge in [-0.1, -0.05) is 30.3 Å². The molecule has 1 saturated heterocycles.